The minimum atomic E-state index is 0.462. The first-order valence-corrected chi connectivity index (χ1v) is 5.88. The molecule has 0 saturated carbocycles. The summed E-state index contributed by atoms with van der Waals surface area (Å²) in [5, 5.41) is 3.46. The van der Waals surface area contributed by atoms with E-state index < -0.39 is 0 Å². The zero-order valence-corrected chi connectivity index (χ0v) is 10.4. The van der Waals surface area contributed by atoms with Gasteiger partial charge in [0.25, 0.3) is 0 Å². The molecule has 0 saturated heterocycles. The Morgan fingerprint density at radius 3 is 2.43 bits per heavy atom. The molecular weight excluding hydrogens is 174 g/mol. The summed E-state index contributed by atoms with van der Waals surface area (Å²) in [5.74, 6) is 0. The van der Waals surface area contributed by atoms with Crippen LogP contribution in [0.4, 0.5) is 0 Å². The van der Waals surface area contributed by atoms with E-state index in [1.165, 1.54) is 25.7 Å². The molecular formula is C12H27NO. The molecule has 0 amide bonds. The van der Waals surface area contributed by atoms with Gasteiger partial charge in [-0.3, -0.25) is 0 Å². The molecule has 0 aromatic heterocycles. The molecule has 0 rings (SSSR count). The van der Waals surface area contributed by atoms with Crippen molar-refractivity contribution in [3.63, 3.8) is 0 Å². The van der Waals surface area contributed by atoms with Crippen LogP contribution in [0.1, 0.15) is 46.5 Å². The Hall–Kier alpha value is -0.0800. The Labute approximate surface area is 89.4 Å². The summed E-state index contributed by atoms with van der Waals surface area (Å²) in [4.78, 5) is 0. The van der Waals surface area contributed by atoms with Gasteiger partial charge in [-0.05, 0) is 31.2 Å². The smallest absolute Gasteiger partial charge is 0.0462 e. The number of rotatable bonds is 9. The Morgan fingerprint density at radius 1 is 1.21 bits per heavy atom. The number of hydrogen-bond donors (Lipinski definition) is 1. The lowest BCUT2D eigenvalue weighted by Gasteiger charge is -2.29. The number of methoxy groups -OCH3 is 1. The third-order valence-corrected chi connectivity index (χ3v) is 2.78. The maximum atomic E-state index is 5.10. The standard InChI is InChI=1S/C12H27NO/c1-5-8-12(3,11-13-6-2)9-7-10-14-4/h13H,5-11H2,1-4H3. The van der Waals surface area contributed by atoms with E-state index >= 15 is 0 Å². The van der Waals surface area contributed by atoms with Crippen LogP contribution in [0.15, 0.2) is 0 Å². The van der Waals surface area contributed by atoms with Gasteiger partial charge in [-0.2, -0.15) is 0 Å². The Kier molecular flexibility index (Phi) is 8.20. The van der Waals surface area contributed by atoms with Crippen molar-refractivity contribution in [1.82, 2.24) is 5.32 Å². The molecule has 0 aliphatic rings. The first-order chi connectivity index (χ1) is 6.68. The van der Waals surface area contributed by atoms with Gasteiger partial charge < -0.3 is 10.1 Å². The van der Waals surface area contributed by atoms with Crippen LogP contribution < -0.4 is 5.32 Å². The second kappa shape index (κ2) is 8.25. The van der Waals surface area contributed by atoms with Crippen molar-refractivity contribution in [1.29, 1.82) is 0 Å². The minimum absolute atomic E-state index is 0.462. The molecule has 1 atom stereocenters. The van der Waals surface area contributed by atoms with Gasteiger partial charge in [0, 0.05) is 20.3 Å². The Balaban J connectivity index is 3.82. The molecule has 0 heterocycles. The molecule has 1 unspecified atom stereocenters. The Bertz CT molecular complexity index is 127. The normalized spacial score (nSPS) is 15.4. The lowest BCUT2D eigenvalue weighted by atomic mass is 9.81. The molecule has 86 valence electrons. The summed E-state index contributed by atoms with van der Waals surface area (Å²) < 4.78 is 5.10. The fourth-order valence-corrected chi connectivity index (χ4v) is 1.98. The maximum Gasteiger partial charge on any atom is 0.0462 e. The molecule has 0 radical (unpaired) electrons. The molecule has 0 spiro atoms. The van der Waals surface area contributed by atoms with E-state index in [-0.39, 0.29) is 0 Å². The van der Waals surface area contributed by atoms with Gasteiger partial charge in [-0.1, -0.05) is 27.2 Å². The predicted molar refractivity (Wildman–Crippen MR) is 62.7 cm³/mol. The van der Waals surface area contributed by atoms with Gasteiger partial charge in [0.05, 0.1) is 0 Å². The van der Waals surface area contributed by atoms with Crippen LogP contribution in [0.5, 0.6) is 0 Å². The molecule has 0 aromatic carbocycles. The highest BCUT2D eigenvalue weighted by atomic mass is 16.5. The van der Waals surface area contributed by atoms with Crippen LogP contribution in [0.2, 0.25) is 0 Å². The van der Waals surface area contributed by atoms with Gasteiger partial charge in [-0.15, -0.1) is 0 Å². The first-order valence-electron chi connectivity index (χ1n) is 5.88. The molecule has 14 heavy (non-hydrogen) atoms. The lowest BCUT2D eigenvalue weighted by Crippen LogP contribution is -2.32. The van der Waals surface area contributed by atoms with Gasteiger partial charge in [0.15, 0.2) is 0 Å². The third-order valence-electron chi connectivity index (χ3n) is 2.78. The van der Waals surface area contributed by atoms with Crippen LogP contribution in [-0.4, -0.2) is 26.8 Å². The van der Waals surface area contributed by atoms with E-state index in [1.807, 2.05) is 0 Å². The van der Waals surface area contributed by atoms with E-state index in [4.69, 9.17) is 4.74 Å². The van der Waals surface area contributed by atoms with E-state index in [1.54, 1.807) is 7.11 Å². The highest BCUT2D eigenvalue weighted by Crippen LogP contribution is 2.28. The highest BCUT2D eigenvalue weighted by molar-refractivity contribution is 4.76. The van der Waals surface area contributed by atoms with Gasteiger partial charge >= 0.3 is 0 Å². The van der Waals surface area contributed by atoms with Crippen LogP contribution in [0.3, 0.4) is 0 Å². The summed E-state index contributed by atoms with van der Waals surface area (Å²) in [6, 6.07) is 0. The van der Waals surface area contributed by atoms with Gasteiger partial charge in [0.2, 0.25) is 0 Å². The molecule has 1 N–H and O–H groups in total. The third kappa shape index (κ3) is 6.39. The van der Waals surface area contributed by atoms with E-state index in [0.29, 0.717) is 5.41 Å². The average Bonchev–Trinajstić information content (AvgIpc) is 2.16. The van der Waals surface area contributed by atoms with E-state index in [9.17, 15) is 0 Å². The zero-order chi connectivity index (χ0) is 10.9. The molecule has 2 nitrogen and oxygen atoms in total. The summed E-state index contributed by atoms with van der Waals surface area (Å²) in [6.07, 6.45) is 5.03. The van der Waals surface area contributed by atoms with Crippen LogP contribution in [0, 0.1) is 5.41 Å². The first kappa shape index (κ1) is 13.9. The summed E-state index contributed by atoms with van der Waals surface area (Å²) in [6.45, 7) is 9.92. The number of hydrogen-bond acceptors (Lipinski definition) is 2. The number of nitrogens with one attached hydrogen (secondary N) is 1. The van der Waals surface area contributed by atoms with Crippen molar-refractivity contribution in [2.75, 3.05) is 26.8 Å². The molecule has 0 aliphatic heterocycles. The monoisotopic (exact) mass is 201 g/mol. The second-order valence-electron chi connectivity index (χ2n) is 4.44. The SMILES string of the molecule is CCCC(C)(CCCOC)CNCC. The predicted octanol–water partition coefficient (Wildman–Crippen LogP) is 2.83. The second-order valence-corrected chi connectivity index (χ2v) is 4.44. The van der Waals surface area contributed by atoms with Crippen molar-refractivity contribution in [2.45, 2.75) is 46.5 Å². The molecule has 0 fully saturated rings. The van der Waals surface area contributed by atoms with E-state index in [2.05, 4.69) is 26.1 Å². The minimum Gasteiger partial charge on any atom is -0.385 e. The van der Waals surface area contributed by atoms with Gasteiger partial charge in [0.1, 0.15) is 0 Å². The van der Waals surface area contributed by atoms with Gasteiger partial charge in [-0.25, -0.2) is 0 Å². The van der Waals surface area contributed by atoms with Crippen LogP contribution >= 0.6 is 0 Å². The van der Waals surface area contributed by atoms with E-state index in [0.717, 1.165) is 19.7 Å². The van der Waals surface area contributed by atoms with Crippen LogP contribution in [-0.2, 0) is 4.74 Å². The summed E-state index contributed by atoms with van der Waals surface area (Å²) in [5.41, 5.74) is 0.462. The van der Waals surface area contributed by atoms with Crippen molar-refractivity contribution < 1.29 is 4.74 Å². The quantitative estimate of drug-likeness (QED) is 0.579. The summed E-state index contributed by atoms with van der Waals surface area (Å²) in [7, 11) is 1.78. The molecule has 0 bridgehead atoms. The average molecular weight is 201 g/mol. The fraction of sp³-hybridized carbons (Fsp3) is 1.00. The largest absolute Gasteiger partial charge is 0.385 e. The summed E-state index contributed by atoms with van der Waals surface area (Å²) >= 11 is 0. The Morgan fingerprint density at radius 2 is 1.93 bits per heavy atom. The van der Waals surface area contributed by atoms with Crippen molar-refractivity contribution in [3.8, 4) is 0 Å². The zero-order valence-electron chi connectivity index (χ0n) is 10.4. The highest BCUT2D eigenvalue weighted by Gasteiger charge is 2.21. The van der Waals surface area contributed by atoms with Crippen molar-refractivity contribution >= 4 is 0 Å². The fourth-order valence-electron chi connectivity index (χ4n) is 1.98. The van der Waals surface area contributed by atoms with Crippen molar-refractivity contribution in [2.24, 2.45) is 5.41 Å². The maximum absolute atomic E-state index is 5.10. The molecule has 0 aromatic rings. The molecule has 0 aliphatic carbocycles. The van der Waals surface area contributed by atoms with Crippen LogP contribution in [0.25, 0.3) is 0 Å². The number of ether oxygens (including phenoxy) is 1. The lowest BCUT2D eigenvalue weighted by molar-refractivity contribution is 0.164. The topological polar surface area (TPSA) is 21.3 Å². The molecule has 2 heteroatoms. The van der Waals surface area contributed by atoms with Crippen molar-refractivity contribution in [3.05, 3.63) is 0 Å².